The van der Waals surface area contributed by atoms with Gasteiger partial charge in [-0.05, 0) is 52.6 Å². The number of benzene rings is 3. The molecule has 2 atom stereocenters. The monoisotopic (exact) mass is 258 g/mol. The quantitative estimate of drug-likeness (QED) is 0.575. The summed E-state index contributed by atoms with van der Waals surface area (Å²) in [6.07, 6.45) is 1.29. The van der Waals surface area contributed by atoms with Crippen LogP contribution in [0.3, 0.4) is 0 Å². The zero-order valence-corrected chi connectivity index (χ0v) is 11.7. The first-order chi connectivity index (χ1) is 9.83. The van der Waals surface area contributed by atoms with E-state index in [-0.39, 0.29) is 0 Å². The molecule has 98 valence electrons. The van der Waals surface area contributed by atoms with E-state index in [1.165, 1.54) is 33.9 Å². The Balaban J connectivity index is 1.71. The summed E-state index contributed by atoms with van der Waals surface area (Å²) in [5, 5.41) is 2.76. The molecule has 20 heavy (non-hydrogen) atoms. The topological polar surface area (TPSA) is 0 Å². The molecule has 0 N–H and O–H groups in total. The van der Waals surface area contributed by atoms with Crippen LogP contribution < -0.4 is 0 Å². The Morgan fingerprint density at radius 3 is 2.30 bits per heavy atom. The van der Waals surface area contributed by atoms with Gasteiger partial charge < -0.3 is 0 Å². The predicted molar refractivity (Wildman–Crippen MR) is 85.2 cm³/mol. The molecular weight excluding hydrogens is 240 g/mol. The summed E-state index contributed by atoms with van der Waals surface area (Å²) < 4.78 is 0. The van der Waals surface area contributed by atoms with Crippen LogP contribution in [0, 0.1) is 6.92 Å². The number of fused-ring (bicyclic) bond motifs is 1. The maximum Gasteiger partial charge on any atom is -0.00865 e. The summed E-state index contributed by atoms with van der Waals surface area (Å²) in [4.78, 5) is 0. The van der Waals surface area contributed by atoms with E-state index >= 15 is 0 Å². The van der Waals surface area contributed by atoms with Gasteiger partial charge in [-0.2, -0.15) is 0 Å². The van der Waals surface area contributed by atoms with Gasteiger partial charge in [0.2, 0.25) is 0 Å². The standard InChI is InChI=1S/C20H18/c1-14-11-17(12-16-9-5-6-10-18(14)16)20-13-19(20)15-7-3-2-4-8-15/h2-12,19-20H,13H2,1H3. The van der Waals surface area contributed by atoms with E-state index in [0.29, 0.717) is 5.92 Å². The molecule has 0 nitrogen and oxygen atoms in total. The van der Waals surface area contributed by atoms with Crippen LogP contribution in [0.4, 0.5) is 0 Å². The van der Waals surface area contributed by atoms with Gasteiger partial charge in [0.25, 0.3) is 0 Å². The fourth-order valence-electron chi connectivity index (χ4n) is 3.38. The molecule has 1 aliphatic carbocycles. The summed E-state index contributed by atoms with van der Waals surface area (Å²) in [6, 6.07) is 24.4. The molecule has 0 spiro atoms. The van der Waals surface area contributed by atoms with Gasteiger partial charge in [0.05, 0.1) is 0 Å². The van der Waals surface area contributed by atoms with Crippen molar-refractivity contribution in [1.29, 1.82) is 0 Å². The average molecular weight is 258 g/mol. The SMILES string of the molecule is Cc1cc(C2CC2c2ccccc2)cc2ccccc12. The highest BCUT2D eigenvalue weighted by Gasteiger charge is 2.39. The highest BCUT2D eigenvalue weighted by molar-refractivity contribution is 5.86. The van der Waals surface area contributed by atoms with Crippen LogP contribution in [0.15, 0.2) is 66.7 Å². The molecule has 0 radical (unpaired) electrons. The van der Waals surface area contributed by atoms with Gasteiger partial charge in [-0.15, -0.1) is 0 Å². The molecule has 3 aromatic carbocycles. The van der Waals surface area contributed by atoms with Crippen LogP contribution in [0.1, 0.15) is 34.9 Å². The van der Waals surface area contributed by atoms with Gasteiger partial charge in [0, 0.05) is 0 Å². The molecule has 2 unspecified atom stereocenters. The van der Waals surface area contributed by atoms with Crippen molar-refractivity contribution in [3.63, 3.8) is 0 Å². The maximum absolute atomic E-state index is 2.38. The minimum absolute atomic E-state index is 0.709. The molecule has 0 amide bonds. The van der Waals surface area contributed by atoms with Gasteiger partial charge in [-0.25, -0.2) is 0 Å². The Morgan fingerprint density at radius 2 is 1.45 bits per heavy atom. The smallest absolute Gasteiger partial charge is 0.00865 e. The molecule has 0 heterocycles. The van der Waals surface area contributed by atoms with E-state index < -0.39 is 0 Å². The third kappa shape index (κ3) is 1.92. The van der Waals surface area contributed by atoms with E-state index in [9.17, 15) is 0 Å². The van der Waals surface area contributed by atoms with Crippen molar-refractivity contribution < 1.29 is 0 Å². The van der Waals surface area contributed by atoms with Crippen molar-refractivity contribution in [1.82, 2.24) is 0 Å². The van der Waals surface area contributed by atoms with Crippen LogP contribution in [0.25, 0.3) is 10.8 Å². The summed E-state index contributed by atoms with van der Waals surface area (Å²) >= 11 is 0. The molecular formula is C20H18. The van der Waals surface area contributed by atoms with Crippen LogP contribution >= 0.6 is 0 Å². The Kier molecular flexibility index (Phi) is 2.63. The minimum atomic E-state index is 0.709. The maximum atomic E-state index is 2.38. The third-order valence-electron chi connectivity index (χ3n) is 4.54. The largest absolute Gasteiger partial charge is 0.0622 e. The highest BCUT2D eigenvalue weighted by Crippen LogP contribution is 2.55. The molecule has 0 saturated heterocycles. The predicted octanol–water partition coefficient (Wildman–Crippen LogP) is 5.42. The molecule has 4 rings (SSSR count). The van der Waals surface area contributed by atoms with E-state index in [0.717, 1.165) is 5.92 Å². The Labute approximate surface area is 120 Å². The first kappa shape index (κ1) is 11.7. The number of hydrogen-bond donors (Lipinski definition) is 0. The molecule has 0 heteroatoms. The Bertz CT molecular complexity index is 755. The lowest BCUT2D eigenvalue weighted by atomic mass is 9.98. The zero-order valence-electron chi connectivity index (χ0n) is 11.7. The molecule has 1 aliphatic rings. The van der Waals surface area contributed by atoms with Crippen molar-refractivity contribution in [2.75, 3.05) is 0 Å². The molecule has 3 aromatic rings. The number of hydrogen-bond acceptors (Lipinski definition) is 0. The van der Waals surface area contributed by atoms with Gasteiger partial charge in [-0.3, -0.25) is 0 Å². The lowest BCUT2D eigenvalue weighted by Crippen LogP contribution is -1.87. The zero-order chi connectivity index (χ0) is 13.5. The molecule has 0 bridgehead atoms. The number of aryl methyl sites for hydroxylation is 1. The van der Waals surface area contributed by atoms with Gasteiger partial charge in [0.15, 0.2) is 0 Å². The average Bonchev–Trinajstić information content (AvgIpc) is 3.29. The summed E-state index contributed by atoms with van der Waals surface area (Å²) in [7, 11) is 0. The lowest BCUT2D eigenvalue weighted by Gasteiger charge is -2.07. The van der Waals surface area contributed by atoms with Gasteiger partial charge >= 0.3 is 0 Å². The normalized spacial score (nSPS) is 21.1. The molecule has 1 fully saturated rings. The molecule has 0 aliphatic heterocycles. The third-order valence-corrected chi connectivity index (χ3v) is 4.54. The summed E-state index contributed by atoms with van der Waals surface area (Å²) in [6.45, 7) is 2.23. The Morgan fingerprint density at radius 1 is 0.750 bits per heavy atom. The van der Waals surface area contributed by atoms with E-state index in [2.05, 4.69) is 73.7 Å². The second kappa shape index (κ2) is 4.49. The van der Waals surface area contributed by atoms with Crippen molar-refractivity contribution in [2.24, 2.45) is 0 Å². The van der Waals surface area contributed by atoms with Crippen LogP contribution in [0.2, 0.25) is 0 Å². The van der Waals surface area contributed by atoms with E-state index in [1.807, 2.05) is 0 Å². The van der Waals surface area contributed by atoms with Crippen molar-refractivity contribution in [3.8, 4) is 0 Å². The first-order valence-electron chi connectivity index (χ1n) is 7.37. The fourth-order valence-corrected chi connectivity index (χ4v) is 3.38. The van der Waals surface area contributed by atoms with Crippen molar-refractivity contribution >= 4 is 10.8 Å². The summed E-state index contributed by atoms with van der Waals surface area (Å²) in [5.41, 5.74) is 4.40. The van der Waals surface area contributed by atoms with E-state index in [1.54, 1.807) is 0 Å². The van der Waals surface area contributed by atoms with Gasteiger partial charge in [-0.1, -0.05) is 66.7 Å². The van der Waals surface area contributed by atoms with Crippen LogP contribution in [-0.4, -0.2) is 0 Å². The van der Waals surface area contributed by atoms with Crippen LogP contribution in [-0.2, 0) is 0 Å². The highest BCUT2D eigenvalue weighted by atomic mass is 14.4. The minimum Gasteiger partial charge on any atom is -0.0622 e. The second-order valence-electron chi connectivity index (χ2n) is 5.92. The van der Waals surface area contributed by atoms with Crippen molar-refractivity contribution in [2.45, 2.75) is 25.2 Å². The lowest BCUT2D eigenvalue weighted by molar-refractivity contribution is 1.03. The second-order valence-corrected chi connectivity index (χ2v) is 5.92. The first-order valence-corrected chi connectivity index (χ1v) is 7.37. The van der Waals surface area contributed by atoms with Crippen LogP contribution in [0.5, 0.6) is 0 Å². The van der Waals surface area contributed by atoms with E-state index in [4.69, 9.17) is 0 Å². The van der Waals surface area contributed by atoms with Gasteiger partial charge in [0.1, 0.15) is 0 Å². The fraction of sp³-hybridized carbons (Fsp3) is 0.200. The molecule has 0 aromatic heterocycles. The Hall–Kier alpha value is -2.08. The molecule has 1 saturated carbocycles. The summed E-state index contributed by atoms with van der Waals surface area (Å²) in [5.74, 6) is 1.43. The number of rotatable bonds is 2. The van der Waals surface area contributed by atoms with Crippen molar-refractivity contribution in [3.05, 3.63) is 83.4 Å².